The molecule has 94 valence electrons. The van der Waals surface area contributed by atoms with Crippen LogP contribution in [0.4, 0.5) is 0 Å². The number of amides is 1. The molecule has 0 bridgehead atoms. The van der Waals surface area contributed by atoms with Gasteiger partial charge in [-0.05, 0) is 47.1 Å². The highest BCUT2D eigenvalue weighted by molar-refractivity contribution is 9.11. The highest BCUT2D eigenvalue weighted by atomic mass is 79.9. The SMILES string of the molecule is Cc1cccc(CN(C)C(=O)c2ccc(Br)s2)n1. The summed E-state index contributed by atoms with van der Waals surface area (Å²) in [5.74, 6) is 0.0222. The van der Waals surface area contributed by atoms with Gasteiger partial charge in [-0.15, -0.1) is 11.3 Å². The quantitative estimate of drug-likeness (QED) is 0.865. The molecule has 0 saturated carbocycles. The van der Waals surface area contributed by atoms with Crippen LogP contribution in [-0.2, 0) is 6.54 Å². The average Bonchev–Trinajstić information content (AvgIpc) is 2.75. The molecular formula is C13H13BrN2OS. The van der Waals surface area contributed by atoms with Crippen molar-refractivity contribution in [2.45, 2.75) is 13.5 Å². The number of carbonyl (C=O) groups is 1. The minimum Gasteiger partial charge on any atom is -0.335 e. The zero-order valence-electron chi connectivity index (χ0n) is 10.2. The third-order valence-electron chi connectivity index (χ3n) is 2.48. The third-order valence-corrected chi connectivity index (χ3v) is 4.09. The number of hydrogen-bond donors (Lipinski definition) is 0. The summed E-state index contributed by atoms with van der Waals surface area (Å²) in [6.45, 7) is 2.47. The normalized spacial score (nSPS) is 10.4. The smallest absolute Gasteiger partial charge is 0.264 e. The lowest BCUT2D eigenvalue weighted by Crippen LogP contribution is -2.25. The zero-order chi connectivity index (χ0) is 13.1. The molecule has 2 rings (SSSR count). The van der Waals surface area contributed by atoms with Crippen molar-refractivity contribution in [3.63, 3.8) is 0 Å². The van der Waals surface area contributed by atoms with Gasteiger partial charge in [-0.3, -0.25) is 9.78 Å². The van der Waals surface area contributed by atoms with E-state index in [0.29, 0.717) is 6.54 Å². The van der Waals surface area contributed by atoms with Crippen molar-refractivity contribution in [3.05, 3.63) is 50.4 Å². The molecule has 0 aliphatic heterocycles. The highest BCUT2D eigenvalue weighted by Gasteiger charge is 2.14. The van der Waals surface area contributed by atoms with E-state index >= 15 is 0 Å². The molecule has 0 aliphatic rings. The lowest BCUT2D eigenvalue weighted by molar-refractivity contribution is 0.0788. The van der Waals surface area contributed by atoms with Gasteiger partial charge in [-0.2, -0.15) is 0 Å². The second kappa shape index (κ2) is 5.63. The van der Waals surface area contributed by atoms with Crippen LogP contribution in [0.2, 0.25) is 0 Å². The van der Waals surface area contributed by atoms with Gasteiger partial charge in [0.05, 0.1) is 20.9 Å². The number of aryl methyl sites for hydroxylation is 1. The predicted molar refractivity (Wildman–Crippen MR) is 76.8 cm³/mol. The Labute approximate surface area is 119 Å². The topological polar surface area (TPSA) is 33.2 Å². The van der Waals surface area contributed by atoms with E-state index in [1.165, 1.54) is 11.3 Å². The Morgan fingerprint density at radius 3 is 2.78 bits per heavy atom. The predicted octanol–water partition coefficient (Wildman–Crippen LogP) is 3.49. The maximum absolute atomic E-state index is 12.1. The molecule has 2 aromatic heterocycles. The Bertz CT molecular complexity index is 568. The molecule has 1 amide bonds. The highest BCUT2D eigenvalue weighted by Crippen LogP contribution is 2.23. The summed E-state index contributed by atoms with van der Waals surface area (Å²) < 4.78 is 0.966. The molecule has 0 atom stereocenters. The number of halogens is 1. The molecule has 18 heavy (non-hydrogen) atoms. The van der Waals surface area contributed by atoms with Gasteiger partial charge in [0.1, 0.15) is 0 Å². The maximum Gasteiger partial charge on any atom is 0.264 e. The molecule has 0 radical (unpaired) electrons. The van der Waals surface area contributed by atoms with Crippen LogP contribution in [0.3, 0.4) is 0 Å². The van der Waals surface area contributed by atoms with Crippen molar-refractivity contribution >= 4 is 33.2 Å². The van der Waals surface area contributed by atoms with Gasteiger partial charge >= 0.3 is 0 Å². The van der Waals surface area contributed by atoms with Crippen LogP contribution in [-0.4, -0.2) is 22.8 Å². The summed E-state index contributed by atoms with van der Waals surface area (Å²) in [4.78, 5) is 18.9. The van der Waals surface area contributed by atoms with Crippen LogP contribution >= 0.6 is 27.3 Å². The van der Waals surface area contributed by atoms with Crippen LogP contribution in [0.5, 0.6) is 0 Å². The third kappa shape index (κ3) is 3.17. The number of carbonyl (C=O) groups excluding carboxylic acids is 1. The molecule has 0 unspecified atom stereocenters. The second-order valence-corrected chi connectivity index (χ2v) is 6.50. The van der Waals surface area contributed by atoms with E-state index in [-0.39, 0.29) is 5.91 Å². The first-order chi connectivity index (χ1) is 8.56. The summed E-state index contributed by atoms with van der Waals surface area (Å²) in [5, 5.41) is 0. The molecule has 0 N–H and O–H groups in total. The summed E-state index contributed by atoms with van der Waals surface area (Å²) in [7, 11) is 1.79. The number of hydrogen-bond acceptors (Lipinski definition) is 3. The molecule has 0 aromatic carbocycles. The van der Waals surface area contributed by atoms with E-state index in [0.717, 1.165) is 20.1 Å². The van der Waals surface area contributed by atoms with Gasteiger partial charge in [0, 0.05) is 12.7 Å². The number of pyridine rings is 1. The van der Waals surface area contributed by atoms with Gasteiger partial charge in [0.15, 0.2) is 0 Å². The average molecular weight is 325 g/mol. The van der Waals surface area contributed by atoms with E-state index in [2.05, 4.69) is 20.9 Å². The minimum atomic E-state index is 0.0222. The monoisotopic (exact) mass is 324 g/mol. The molecule has 0 saturated heterocycles. The Hall–Kier alpha value is -1.20. The van der Waals surface area contributed by atoms with Gasteiger partial charge in [-0.1, -0.05) is 6.07 Å². The Kier molecular flexibility index (Phi) is 4.14. The molecule has 3 nitrogen and oxygen atoms in total. The molecular weight excluding hydrogens is 312 g/mol. The summed E-state index contributed by atoms with van der Waals surface area (Å²) >= 11 is 4.80. The fourth-order valence-corrected chi connectivity index (χ4v) is 3.00. The lowest BCUT2D eigenvalue weighted by Gasteiger charge is -2.15. The zero-order valence-corrected chi connectivity index (χ0v) is 12.6. The molecule has 5 heteroatoms. The fourth-order valence-electron chi connectivity index (χ4n) is 1.62. The first kappa shape index (κ1) is 13.2. The van der Waals surface area contributed by atoms with E-state index in [1.807, 2.05) is 37.3 Å². The summed E-state index contributed by atoms with van der Waals surface area (Å²) in [6.07, 6.45) is 0. The number of aromatic nitrogens is 1. The standard InChI is InChI=1S/C13H13BrN2OS/c1-9-4-3-5-10(15-9)8-16(2)13(17)11-6-7-12(14)18-11/h3-7H,8H2,1-2H3. The molecule has 0 spiro atoms. The minimum absolute atomic E-state index is 0.0222. The lowest BCUT2D eigenvalue weighted by atomic mass is 10.3. The van der Waals surface area contributed by atoms with E-state index in [1.54, 1.807) is 11.9 Å². The molecule has 2 heterocycles. The van der Waals surface area contributed by atoms with Crippen molar-refractivity contribution in [1.29, 1.82) is 0 Å². The maximum atomic E-state index is 12.1. The van der Waals surface area contributed by atoms with Gasteiger partial charge in [-0.25, -0.2) is 0 Å². The van der Waals surface area contributed by atoms with Gasteiger partial charge in [0.25, 0.3) is 5.91 Å². The van der Waals surface area contributed by atoms with Crippen molar-refractivity contribution < 1.29 is 4.79 Å². The number of nitrogens with zero attached hydrogens (tertiary/aromatic N) is 2. The van der Waals surface area contributed by atoms with E-state index in [4.69, 9.17) is 0 Å². The van der Waals surface area contributed by atoms with E-state index in [9.17, 15) is 4.79 Å². The molecule has 0 fully saturated rings. The number of rotatable bonds is 3. The van der Waals surface area contributed by atoms with Crippen LogP contribution in [0.1, 0.15) is 21.1 Å². The largest absolute Gasteiger partial charge is 0.335 e. The molecule has 2 aromatic rings. The van der Waals surface area contributed by atoms with E-state index < -0.39 is 0 Å². The summed E-state index contributed by atoms with van der Waals surface area (Å²) in [6, 6.07) is 9.55. The summed E-state index contributed by atoms with van der Waals surface area (Å²) in [5.41, 5.74) is 1.87. The van der Waals surface area contributed by atoms with Crippen molar-refractivity contribution in [2.75, 3.05) is 7.05 Å². The van der Waals surface area contributed by atoms with Crippen LogP contribution in [0, 0.1) is 6.92 Å². The second-order valence-electron chi connectivity index (χ2n) is 4.04. The van der Waals surface area contributed by atoms with Gasteiger partial charge < -0.3 is 4.90 Å². The van der Waals surface area contributed by atoms with Crippen molar-refractivity contribution in [3.8, 4) is 0 Å². The van der Waals surface area contributed by atoms with Crippen molar-refractivity contribution in [1.82, 2.24) is 9.88 Å². The van der Waals surface area contributed by atoms with Gasteiger partial charge in [0.2, 0.25) is 0 Å². The van der Waals surface area contributed by atoms with Crippen LogP contribution in [0.15, 0.2) is 34.1 Å². The van der Waals surface area contributed by atoms with Crippen LogP contribution < -0.4 is 0 Å². The Balaban J connectivity index is 2.08. The van der Waals surface area contributed by atoms with Crippen LogP contribution in [0.25, 0.3) is 0 Å². The van der Waals surface area contributed by atoms with Crippen molar-refractivity contribution in [2.24, 2.45) is 0 Å². The first-order valence-corrected chi connectivity index (χ1v) is 7.10. The molecule has 0 aliphatic carbocycles. The Morgan fingerprint density at radius 1 is 1.39 bits per heavy atom. The Morgan fingerprint density at radius 2 is 2.17 bits per heavy atom. The number of thiophene rings is 1. The first-order valence-electron chi connectivity index (χ1n) is 5.49. The fraction of sp³-hybridized carbons (Fsp3) is 0.231.